The maximum atomic E-state index is 15.2. The second-order valence-electron chi connectivity index (χ2n) is 10.8. The third-order valence-corrected chi connectivity index (χ3v) is 7.18. The number of fused-ring (bicyclic) bond motifs is 1. The number of carbonyl (C=O) groups excluding carboxylic acids is 1. The van der Waals surface area contributed by atoms with Crippen LogP contribution in [0.15, 0.2) is 54.4 Å². The van der Waals surface area contributed by atoms with E-state index >= 15 is 4.39 Å². The number of halogens is 4. The summed E-state index contributed by atoms with van der Waals surface area (Å²) in [6.07, 6.45) is 0.493. The number of hydrogen-bond donors (Lipinski definition) is 3. The Morgan fingerprint density at radius 2 is 1.81 bits per heavy atom. The molecule has 5 rings (SSSR count). The van der Waals surface area contributed by atoms with Crippen LogP contribution in [0.3, 0.4) is 0 Å². The van der Waals surface area contributed by atoms with Gasteiger partial charge in [0.15, 0.2) is 0 Å². The van der Waals surface area contributed by atoms with Gasteiger partial charge in [-0.2, -0.15) is 13.2 Å². The number of nitrogens with one attached hydrogen (secondary N) is 2. The summed E-state index contributed by atoms with van der Waals surface area (Å²) in [6.45, 7) is 6.87. The van der Waals surface area contributed by atoms with Gasteiger partial charge in [-0.1, -0.05) is 17.7 Å². The molecule has 4 aromatic rings. The predicted molar refractivity (Wildman–Crippen MR) is 159 cm³/mol. The summed E-state index contributed by atoms with van der Waals surface area (Å²) in [7, 11) is 1.97. The van der Waals surface area contributed by atoms with E-state index in [1.165, 1.54) is 24.3 Å². The summed E-state index contributed by atoms with van der Waals surface area (Å²) in [5.74, 6) is 0.0422. The Bertz CT molecular complexity index is 1690. The highest BCUT2D eigenvalue weighted by Crippen LogP contribution is 2.35. The Balaban J connectivity index is 1.33. The van der Waals surface area contributed by atoms with Crippen molar-refractivity contribution >= 4 is 34.8 Å². The molecule has 2 aromatic heterocycles. The van der Waals surface area contributed by atoms with Crippen molar-refractivity contribution in [3.05, 3.63) is 77.1 Å². The van der Waals surface area contributed by atoms with Gasteiger partial charge in [0, 0.05) is 56.4 Å². The number of nitrogen functional groups attached to an aromatic ring is 1. The van der Waals surface area contributed by atoms with E-state index < -0.39 is 23.6 Å². The van der Waals surface area contributed by atoms with Gasteiger partial charge in [-0.15, -0.1) is 0 Å². The lowest BCUT2D eigenvalue weighted by Crippen LogP contribution is -2.44. The first-order valence-corrected chi connectivity index (χ1v) is 13.7. The third kappa shape index (κ3) is 6.78. The zero-order valence-electron chi connectivity index (χ0n) is 24.0. The fourth-order valence-corrected chi connectivity index (χ4v) is 5.00. The van der Waals surface area contributed by atoms with E-state index in [1.54, 1.807) is 22.9 Å². The summed E-state index contributed by atoms with van der Waals surface area (Å²) in [4.78, 5) is 25.5. The summed E-state index contributed by atoms with van der Waals surface area (Å²) >= 11 is 0. The van der Waals surface area contributed by atoms with Crippen LogP contribution >= 0.6 is 0 Å². The number of urea groups is 1. The van der Waals surface area contributed by atoms with Gasteiger partial charge in [0.2, 0.25) is 0 Å². The van der Waals surface area contributed by atoms with Crippen LogP contribution in [-0.2, 0) is 12.7 Å². The highest BCUT2D eigenvalue weighted by Gasteiger charge is 2.34. The van der Waals surface area contributed by atoms with E-state index in [0.29, 0.717) is 35.7 Å². The molecule has 13 heteroatoms. The number of alkyl halides is 3. The van der Waals surface area contributed by atoms with Crippen LogP contribution in [-0.4, -0.2) is 63.4 Å². The fourth-order valence-electron chi connectivity index (χ4n) is 5.00. The minimum Gasteiger partial charge on any atom is -0.382 e. The summed E-state index contributed by atoms with van der Waals surface area (Å²) < 4.78 is 58.7. The number of nitrogens with zero attached hydrogens (tertiary/aromatic N) is 5. The molecule has 1 aliphatic heterocycles. The lowest BCUT2D eigenvalue weighted by atomic mass is 10.0. The second kappa shape index (κ2) is 12.0. The number of anilines is 3. The molecule has 2 amide bonds. The number of piperazine rings is 1. The molecule has 1 fully saturated rings. The molecule has 0 atom stereocenters. The zero-order valence-corrected chi connectivity index (χ0v) is 24.0. The molecule has 1 aliphatic rings. The highest BCUT2D eigenvalue weighted by molar-refractivity contribution is 6.00. The SMILES string of the molecule is CC(C)=Cc1nc(-c2ccc(NC(=O)Nc3ccc(CN4CCN(C)CC4)c(C(F)(F)F)c3)c(F)c2)c2c(N)nccn12. The van der Waals surface area contributed by atoms with Crippen molar-refractivity contribution < 1.29 is 22.4 Å². The first kappa shape index (κ1) is 30.0. The molecule has 9 nitrogen and oxygen atoms in total. The second-order valence-corrected chi connectivity index (χ2v) is 10.8. The van der Waals surface area contributed by atoms with Crippen LogP contribution in [0, 0.1) is 5.82 Å². The smallest absolute Gasteiger partial charge is 0.382 e. The number of hydrogen-bond acceptors (Lipinski definition) is 6. The Morgan fingerprint density at radius 3 is 2.49 bits per heavy atom. The van der Waals surface area contributed by atoms with Crippen molar-refractivity contribution in [2.75, 3.05) is 49.6 Å². The molecule has 226 valence electrons. The van der Waals surface area contributed by atoms with E-state index in [9.17, 15) is 18.0 Å². The summed E-state index contributed by atoms with van der Waals surface area (Å²) in [5, 5.41) is 4.75. The maximum absolute atomic E-state index is 15.2. The molecule has 0 aliphatic carbocycles. The van der Waals surface area contributed by atoms with Gasteiger partial charge in [-0.25, -0.2) is 19.2 Å². The number of carbonyl (C=O) groups is 1. The number of amides is 2. The molecular formula is C30H32F4N8O. The van der Waals surface area contributed by atoms with E-state index in [1.807, 2.05) is 31.9 Å². The van der Waals surface area contributed by atoms with Gasteiger partial charge in [0.25, 0.3) is 0 Å². The first-order chi connectivity index (χ1) is 20.4. The maximum Gasteiger partial charge on any atom is 0.416 e. The Labute approximate surface area is 246 Å². The summed E-state index contributed by atoms with van der Waals surface area (Å²) in [5.41, 5.74) is 7.50. The number of imidazole rings is 1. The quantitative estimate of drug-likeness (QED) is 0.238. The van der Waals surface area contributed by atoms with E-state index in [0.717, 1.165) is 24.7 Å². The van der Waals surface area contributed by atoms with Gasteiger partial charge >= 0.3 is 12.2 Å². The number of benzene rings is 2. The normalized spacial score (nSPS) is 14.6. The monoisotopic (exact) mass is 596 g/mol. The molecule has 3 heterocycles. The molecular weight excluding hydrogens is 564 g/mol. The van der Waals surface area contributed by atoms with Crippen LogP contribution in [0.4, 0.5) is 39.5 Å². The van der Waals surface area contributed by atoms with Crippen LogP contribution < -0.4 is 16.4 Å². The average Bonchev–Trinajstić information content (AvgIpc) is 3.30. The van der Waals surface area contributed by atoms with Crippen LogP contribution in [0.5, 0.6) is 0 Å². The molecule has 0 spiro atoms. The minimum absolute atomic E-state index is 0.0664. The number of aromatic nitrogens is 3. The van der Waals surface area contributed by atoms with Crippen LogP contribution in [0.2, 0.25) is 0 Å². The third-order valence-electron chi connectivity index (χ3n) is 7.18. The number of allylic oxidation sites excluding steroid dienone is 1. The van der Waals surface area contributed by atoms with Crippen molar-refractivity contribution in [2.24, 2.45) is 0 Å². The summed E-state index contributed by atoms with van der Waals surface area (Å²) in [6, 6.07) is 6.90. The number of rotatable bonds is 6. The molecule has 1 saturated heterocycles. The van der Waals surface area contributed by atoms with Gasteiger partial charge in [0.05, 0.1) is 11.3 Å². The molecule has 0 saturated carbocycles. The van der Waals surface area contributed by atoms with E-state index in [-0.39, 0.29) is 29.3 Å². The van der Waals surface area contributed by atoms with Crippen molar-refractivity contribution in [1.82, 2.24) is 24.2 Å². The van der Waals surface area contributed by atoms with Crippen molar-refractivity contribution in [1.29, 1.82) is 0 Å². The zero-order chi connectivity index (χ0) is 30.9. The van der Waals surface area contributed by atoms with Crippen LogP contribution in [0.1, 0.15) is 30.8 Å². The van der Waals surface area contributed by atoms with E-state index in [4.69, 9.17) is 5.73 Å². The largest absolute Gasteiger partial charge is 0.416 e. The number of nitrogens with two attached hydrogens (primary N) is 1. The topological polar surface area (TPSA) is 104 Å². The minimum atomic E-state index is -4.61. The molecule has 2 aromatic carbocycles. The molecule has 0 radical (unpaired) electrons. The Hall–Kier alpha value is -4.49. The standard InChI is InChI=1S/C30H32F4N8O/c1-18(2)14-25-39-26(27-28(35)36-8-9-42(25)27)19-5-7-24(23(31)15-19)38-29(43)37-21-6-4-20(22(16-21)30(32,33)34)17-41-12-10-40(3)11-13-41/h4-9,14-16H,10-13,17H2,1-3H3,(H2,35,36)(H2,37,38,43). The highest BCUT2D eigenvalue weighted by atomic mass is 19.4. The lowest BCUT2D eigenvalue weighted by molar-refractivity contribution is -0.138. The van der Waals surface area contributed by atoms with Gasteiger partial charge in [0.1, 0.15) is 28.7 Å². The Morgan fingerprint density at radius 1 is 1.07 bits per heavy atom. The molecule has 0 unspecified atom stereocenters. The van der Waals surface area contributed by atoms with Crippen molar-refractivity contribution in [3.63, 3.8) is 0 Å². The van der Waals surface area contributed by atoms with E-state index in [2.05, 4.69) is 25.5 Å². The van der Waals surface area contributed by atoms with Crippen LogP contribution in [0.25, 0.3) is 22.9 Å². The molecule has 43 heavy (non-hydrogen) atoms. The van der Waals surface area contributed by atoms with Gasteiger partial charge < -0.3 is 21.3 Å². The first-order valence-electron chi connectivity index (χ1n) is 13.7. The fraction of sp³-hybridized carbons (Fsp3) is 0.300. The predicted octanol–water partition coefficient (Wildman–Crippen LogP) is 5.95. The number of likely N-dealkylation sites (N-methyl/N-ethyl adjacent to an activating group) is 1. The van der Waals surface area contributed by atoms with Crippen molar-refractivity contribution in [3.8, 4) is 11.3 Å². The van der Waals surface area contributed by atoms with Crippen molar-refractivity contribution in [2.45, 2.75) is 26.6 Å². The lowest BCUT2D eigenvalue weighted by Gasteiger charge is -2.33. The molecule has 4 N–H and O–H groups in total. The van der Waals surface area contributed by atoms with Gasteiger partial charge in [-0.05, 0) is 56.8 Å². The average molecular weight is 597 g/mol. The molecule has 0 bridgehead atoms. The Kier molecular flexibility index (Phi) is 8.38. The van der Waals surface area contributed by atoms with Gasteiger partial charge in [-0.3, -0.25) is 9.30 Å².